The minimum Gasteiger partial charge on any atom is -0.254 e. The zero-order chi connectivity index (χ0) is 16.8. The van der Waals surface area contributed by atoms with Gasteiger partial charge in [0.1, 0.15) is 0 Å². The average Bonchev–Trinajstić information content (AvgIpc) is 2.68. The Morgan fingerprint density at radius 1 is 1.00 bits per heavy atom. The van der Waals surface area contributed by atoms with Crippen LogP contribution in [-0.4, -0.2) is 15.5 Å². The molecule has 1 aliphatic heterocycles. The van der Waals surface area contributed by atoms with Crippen LogP contribution in [0.3, 0.4) is 0 Å². The van der Waals surface area contributed by atoms with Crippen molar-refractivity contribution in [2.75, 3.05) is 15.7 Å². The summed E-state index contributed by atoms with van der Waals surface area (Å²) < 4.78 is 65.5. The Hall–Kier alpha value is -2.22. The van der Waals surface area contributed by atoms with Gasteiger partial charge in [-0.25, -0.2) is 4.31 Å². The number of para-hydroxylation sites is 2. The number of hydrogen-bond acceptors (Lipinski definition) is 2. The first-order chi connectivity index (χ1) is 10.7. The van der Waals surface area contributed by atoms with Crippen molar-refractivity contribution in [1.29, 1.82) is 0 Å². The van der Waals surface area contributed by atoms with Gasteiger partial charge < -0.3 is 0 Å². The molecule has 0 spiro atoms. The van der Waals surface area contributed by atoms with Crippen molar-refractivity contribution < 1.29 is 21.6 Å². The Bertz CT molecular complexity index is 850. The number of rotatable bonds is 2. The minimum atomic E-state index is -4.46. The minimum absolute atomic E-state index is 0.159. The highest BCUT2D eigenvalue weighted by Gasteiger charge is 2.38. The molecule has 0 radical (unpaired) electrons. The van der Waals surface area contributed by atoms with E-state index in [2.05, 4.69) is 0 Å². The standard InChI is InChI=1S/C15H13F3N2O2S/c1-19-13-7-2-3-8-14(13)20(23(19,21)22)10-11-5-4-6-12(9-11)15(16,17)18/h2-9H,10H2,1H3. The number of halogens is 3. The van der Waals surface area contributed by atoms with Gasteiger partial charge in [0, 0.05) is 7.05 Å². The van der Waals surface area contributed by atoms with Gasteiger partial charge in [-0.05, 0) is 29.8 Å². The highest BCUT2D eigenvalue weighted by molar-refractivity contribution is 7.94. The predicted molar refractivity (Wildman–Crippen MR) is 81.4 cm³/mol. The van der Waals surface area contributed by atoms with E-state index in [9.17, 15) is 21.6 Å². The lowest BCUT2D eigenvalue weighted by molar-refractivity contribution is -0.137. The topological polar surface area (TPSA) is 40.6 Å². The lowest BCUT2D eigenvalue weighted by Gasteiger charge is -2.19. The highest BCUT2D eigenvalue weighted by atomic mass is 32.2. The van der Waals surface area contributed by atoms with E-state index < -0.39 is 21.9 Å². The molecule has 2 aromatic carbocycles. The summed E-state index contributed by atoms with van der Waals surface area (Å²) in [5, 5.41) is 0. The molecule has 0 amide bonds. The van der Waals surface area contributed by atoms with E-state index in [1.54, 1.807) is 24.3 Å². The second-order valence-electron chi connectivity index (χ2n) is 5.17. The Morgan fingerprint density at radius 2 is 1.65 bits per heavy atom. The first kappa shape index (κ1) is 15.7. The second kappa shape index (κ2) is 5.16. The van der Waals surface area contributed by atoms with Crippen LogP contribution in [0.25, 0.3) is 0 Å². The molecule has 0 unspecified atom stereocenters. The van der Waals surface area contributed by atoms with E-state index >= 15 is 0 Å². The molecule has 3 rings (SSSR count). The summed E-state index contributed by atoms with van der Waals surface area (Å²) in [4.78, 5) is 0. The largest absolute Gasteiger partial charge is 0.416 e. The summed E-state index contributed by atoms with van der Waals surface area (Å²) in [6.45, 7) is -0.159. The number of benzene rings is 2. The Kier molecular flexibility index (Phi) is 3.51. The van der Waals surface area contributed by atoms with Crippen LogP contribution >= 0.6 is 0 Å². The summed E-state index contributed by atoms with van der Waals surface area (Å²) in [7, 11) is -2.37. The number of hydrogen-bond donors (Lipinski definition) is 0. The molecule has 2 aromatic rings. The molecule has 23 heavy (non-hydrogen) atoms. The van der Waals surface area contributed by atoms with E-state index in [0.29, 0.717) is 11.4 Å². The molecule has 0 N–H and O–H groups in total. The maximum Gasteiger partial charge on any atom is 0.416 e. The van der Waals surface area contributed by atoms with Gasteiger partial charge in [-0.2, -0.15) is 21.6 Å². The van der Waals surface area contributed by atoms with E-state index in [0.717, 1.165) is 20.7 Å². The van der Waals surface area contributed by atoms with Gasteiger partial charge in [0.15, 0.2) is 0 Å². The van der Waals surface area contributed by atoms with Crippen molar-refractivity contribution in [1.82, 2.24) is 0 Å². The lowest BCUT2D eigenvalue weighted by Crippen LogP contribution is -2.35. The molecule has 0 bridgehead atoms. The fourth-order valence-corrected chi connectivity index (χ4v) is 3.93. The number of fused-ring (bicyclic) bond motifs is 1. The molecule has 1 heterocycles. The SMILES string of the molecule is CN1c2ccccc2N(Cc2cccc(C(F)(F)F)c2)S1(=O)=O. The van der Waals surface area contributed by atoms with Gasteiger partial charge in [-0.3, -0.25) is 4.31 Å². The summed E-state index contributed by atoms with van der Waals surface area (Å²) >= 11 is 0. The molecule has 0 aliphatic carbocycles. The normalized spacial score (nSPS) is 16.5. The number of nitrogens with zero attached hydrogens (tertiary/aromatic N) is 2. The average molecular weight is 342 g/mol. The van der Waals surface area contributed by atoms with Gasteiger partial charge >= 0.3 is 16.4 Å². The fourth-order valence-electron chi connectivity index (χ4n) is 2.52. The first-order valence-corrected chi connectivity index (χ1v) is 8.13. The van der Waals surface area contributed by atoms with E-state index in [-0.39, 0.29) is 12.1 Å². The number of alkyl halides is 3. The molecule has 1 aliphatic rings. The van der Waals surface area contributed by atoms with Gasteiger partial charge in [0.25, 0.3) is 0 Å². The molecule has 0 atom stereocenters. The summed E-state index contributed by atoms with van der Waals surface area (Å²) in [6.07, 6.45) is -4.46. The van der Waals surface area contributed by atoms with Crippen molar-refractivity contribution in [2.45, 2.75) is 12.7 Å². The maximum absolute atomic E-state index is 12.8. The van der Waals surface area contributed by atoms with E-state index in [1.165, 1.54) is 19.2 Å². The highest BCUT2D eigenvalue weighted by Crippen LogP contribution is 2.40. The summed E-state index contributed by atoms with van der Waals surface area (Å²) in [5.41, 5.74) is 0.425. The van der Waals surface area contributed by atoms with Gasteiger partial charge in [-0.15, -0.1) is 0 Å². The third kappa shape index (κ3) is 2.63. The lowest BCUT2D eigenvalue weighted by atomic mass is 10.1. The molecule has 4 nitrogen and oxygen atoms in total. The second-order valence-corrected chi connectivity index (χ2v) is 7.05. The Morgan fingerprint density at radius 3 is 2.30 bits per heavy atom. The molecule has 122 valence electrons. The first-order valence-electron chi connectivity index (χ1n) is 6.73. The molecule has 0 fully saturated rings. The van der Waals surface area contributed by atoms with E-state index in [1.807, 2.05) is 0 Å². The van der Waals surface area contributed by atoms with Gasteiger partial charge in [0.2, 0.25) is 0 Å². The van der Waals surface area contributed by atoms with Gasteiger partial charge in [0.05, 0.1) is 23.5 Å². The third-order valence-corrected chi connectivity index (χ3v) is 5.47. The molecule has 0 saturated heterocycles. The van der Waals surface area contributed by atoms with Crippen molar-refractivity contribution in [3.05, 3.63) is 59.7 Å². The van der Waals surface area contributed by atoms with Crippen LogP contribution in [0.15, 0.2) is 48.5 Å². The van der Waals surface area contributed by atoms with E-state index in [4.69, 9.17) is 0 Å². The molecule has 8 heteroatoms. The predicted octanol–water partition coefficient (Wildman–Crippen LogP) is 3.41. The maximum atomic E-state index is 12.8. The monoisotopic (exact) mass is 342 g/mol. The molecular formula is C15H13F3N2O2S. The fraction of sp³-hybridized carbons (Fsp3) is 0.200. The van der Waals surface area contributed by atoms with Crippen LogP contribution in [0, 0.1) is 0 Å². The third-order valence-electron chi connectivity index (χ3n) is 3.69. The van der Waals surface area contributed by atoms with Crippen molar-refractivity contribution in [3.8, 4) is 0 Å². The van der Waals surface area contributed by atoms with Crippen LogP contribution in [0.4, 0.5) is 24.5 Å². The summed E-state index contributed by atoms with van der Waals surface area (Å²) in [5.74, 6) is 0. The summed E-state index contributed by atoms with van der Waals surface area (Å²) in [6, 6.07) is 11.4. The van der Waals surface area contributed by atoms with Crippen LogP contribution < -0.4 is 8.61 Å². The smallest absolute Gasteiger partial charge is 0.254 e. The Labute approximate surface area is 131 Å². The Balaban J connectivity index is 2.00. The van der Waals surface area contributed by atoms with Crippen LogP contribution in [0.2, 0.25) is 0 Å². The van der Waals surface area contributed by atoms with Crippen LogP contribution in [-0.2, 0) is 22.9 Å². The van der Waals surface area contributed by atoms with Crippen LogP contribution in [0.1, 0.15) is 11.1 Å². The quantitative estimate of drug-likeness (QED) is 0.839. The van der Waals surface area contributed by atoms with Crippen molar-refractivity contribution in [3.63, 3.8) is 0 Å². The van der Waals surface area contributed by atoms with Gasteiger partial charge in [-0.1, -0.05) is 24.3 Å². The molecular weight excluding hydrogens is 329 g/mol. The molecule has 0 aromatic heterocycles. The zero-order valence-electron chi connectivity index (χ0n) is 12.1. The van der Waals surface area contributed by atoms with Crippen molar-refractivity contribution in [2.24, 2.45) is 0 Å². The van der Waals surface area contributed by atoms with Crippen LogP contribution in [0.5, 0.6) is 0 Å². The number of anilines is 2. The molecule has 0 saturated carbocycles. The zero-order valence-corrected chi connectivity index (χ0v) is 12.9. The van der Waals surface area contributed by atoms with Crippen molar-refractivity contribution >= 4 is 21.6 Å².